The predicted octanol–water partition coefficient (Wildman–Crippen LogP) is 0.208. The fourth-order valence-electron chi connectivity index (χ4n) is 1.44. The van der Waals surface area contributed by atoms with E-state index in [0.29, 0.717) is 19.5 Å². The molecule has 0 saturated carbocycles. The van der Waals surface area contributed by atoms with Crippen molar-refractivity contribution in [3.63, 3.8) is 0 Å². The van der Waals surface area contributed by atoms with E-state index in [-0.39, 0.29) is 5.91 Å². The summed E-state index contributed by atoms with van der Waals surface area (Å²) < 4.78 is 1.76. The lowest BCUT2D eigenvalue weighted by molar-refractivity contribution is -0.121. The third kappa shape index (κ3) is 4.93. The van der Waals surface area contributed by atoms with Gasteiger partial charge in [-0.3, -0.25) is 9.48 Å². The molecule has 0 unspecified atom stereocenters. The number of nitrogens with zero attached hydrogens (tertiary/aromatic N) is 2. The maximum atomic E-state index is 11.3. The molecule has 90 valence electrons. The number of rotatable bonds is 7. The van der Waals surface area contributed by atoms with Crippen molar-refractivity contribution in [1.29, 1.82) is 0 Å². The lowest BCUT2D eigenvalue weighted by Crippen LogP contribution is -2.25. The second-order valence-electron chi connectivity index (χ2n) is 3.83. The van der Waals surface area contributed by atoms with Gasteiger partial charge in [0, 0.05) is 32.6 Å². The largest absolute Gasteiger partial charge is 0.356 e. The van der Waals surface area contributed by atoms with Crippen LogP contribution >= 0.6 is 0 Å². The molecule has 1 aromatic heterocycles. The molecule has 0 aliphatic carbocycles. The zero-order chi connectivity index (χ0) is 11.8. The fraction of sp³-hybridized carbons (Fsp3) is 0.636. The molecule has 5 heteroatoms. The summed E-state index contributed by atoms with van der Waals surface area (Å²) >= 11 is 0. The van der Waals surface area contributed by atoms with Crippen molar-refractivity contribution in [2.75, 3.05) is 13.1 Å². The van der Waals surface area contributed by atoms with E-state index in [1.165, 1.54) is 0 Å². The van der Waals surface area contributed by atoms with Crippen molar-refractivity contribution >= 4 is 5.91 Å². The molecular formula is C11H20N4O. The first-order chi connectivity index (χ1) is 7.72. The summed E-state index contributed by atoms with van der Waals surface area (Å²) in [6, 6.07) is 1.96. The van der Waals surface area contributed by atoms with Crippen LogP contribution in [0.15, 0.2) is 12.3 Å². The van der Waals surface area contributed by atoms with Crippen LogP contribution in [-0.2, 0) is 18.3 Å². The van der Waals surface area contributed by atoms with Gasteiger partial charge in [0.05, 0.1) is 5.69 Å². The minimum absolute atomic E-state index is 0.101. The number of carbonyl (C=O) groups excluding carboxylic acids is 1. The Hall–Kier alpha value is -1.36. The molecule has 0 atom stereocenters. The minimum Gasteiger partial charge on any atom is -0.356 e. The third-order valence-electron chi connectivity index (χ3n) is 2.33. The van der Waals surface area contributed by atoms with Gasteiger partial charge in [-0.1, -0.05) is 0 Å². The Labute approximate surface area is 96.0 Å². The topological polar surface area (TPSA) is 72.9 Å². The van der Waals surface area contributed by atoms with E-state index in [0.717, 1.165) is 25.0 Å². The van der Waals surface area contributed by atoms with Crippen LogP contribution < -0.4 is 11.1 Å². The Morgan fingerprint density at radius 3 is 3.00 bits per heavy atom. The van der Waals surface area contributed by atoms with Crippen LogP contribution in [0.1, 0.15) is 25.0 Å². The highest BCUT2D eigenvalue weighted by atomic mass is 16.1. The van der Waals surface area contributed by atoms with Crippen molar-refractivity contribution in [2.24, 2.45) is 12.8 Å². The SMILES string of the molecule is Cn1ccc(CCNC(=O)CCCCN)n1. The zero-order valence-electron chi connectivity index (χ0n) is 9.78. The second kappa shape index (κ2) is 7.00. The number of amides is 1. The first-order valence-electron chi connectivity index (χ1n) is 5.67. The molecule has 16 heavy (non-hydrogen) atoms. The molecule has 0 saturated heterocycles. The molecule has 5 nitrogen and oxygen atoms in total. The lowest BCUT2D eigenvalue weighted by Gasteiger charge is -2.03. The van der Waals surface area contributed by atoms with E-state index < -0.39 is 0 Å². The molecule has 0 spiro atoms. The summed E-state index contributed by atoms with van der Waals surface area (Å²) in [7, 11) is 1.88. The van der Waals surface area contributed by atoms with Gasteiger partial charge < -0.3 is 11.1 Å². The lowest BCUT2D eigenvalue weighted by atomic mass is 10.2. The Morgan fingerprint density at radius 2 is 2.38 bits per heavy atom. The van der Waals surface area contributed by atoms with Crippen LogP contribution in [0.3, 0.4) is 0 Å². The maximum Gasteiger partial charge on any atom is 0.220 e. The molecule has 0 aliphatic rings. The number of nitrogens with one attached hydrogen (secondary N) is 1. The highest BCUT2D eigenvalue weighted by molar-refractivity contribution is 5.75. The molecule has 0 aliphatic heterocycles. The van der Waals surface area contributed by atoms with Gasteiger partial charge in [0.25, 0.3) is 0 Å². The summed E-state index contributed by atoms with van der Waals surface area (Å²) in [5, 5.41) is 7.10. The molecular weight excluding hydrogens is 204 g/mol. The zero-order valence-corrected chi connectivity index (χ0v) is 9.78. The quantitative estimate of drug-likeness (QED) is 0.650. The Morgan fingerprint density at radius 1 is 1.56 bits per heavy atom. The standard InChI is InChI=1S/C11H20N4O/c1-15-9-6-10(14-15)5-8-13-11(16)4-2-3-7-12/h6,9H,2-5,7-8,12H2,1H3,(H,13,16). The summed E-state index contributed by atoms with van der Waals surface area (Å²) in [6.45, 7) is 1.31. The molecule has 0 aromatic carbocycles. The molecule has 1 amide bonds. The van der Waals surface area contributed by atoms with E-state index in [9.17, 15) is 4.79 Å². The molecule has 0 fully saturated rings. The fourth-order valence-corrected chi connectivity index (χ4v) is 1.44. The van der Waals surface area contributed by atoms with E-state index in [2.05, 4.69) is 10.4 Å². The van der Waals surface area contributed by atoms with Crippen molar-refractivity contribution in [3.05, 3.63) is 18.0 Å². The van der Waals surface area contributed by atoms with E-state index in [4.69, 9.17) is 5.73 Å². The predicted molar refractivity (Wildman–Crippen MR) is 62.8 cm³/mol. The number of hydrogen-bond donors (Lipinski definition) is 2. The second-order valence-corrected chi connectivity index (χ2v) is 3.83. The first-order valence-corrected chi connectivity index (χ1v) is 5.67. The molecule has 1 rings (SSSR count). The van der Waals surface area contributed by atoms with Crippen LogP contribution in [0.5, 0.6) is 0 Å². The van der Waals surface area contributed by atoms with Crippen molar-refractivity contribution in [2.45, 2.75) is 25.7 Å². The summed E-state index contributed by atoms with van der Waals surface area (Å²) in [6.07, 6.45) is 5.03. The minimum atomic E-state index is 0.101. The van der Waals surface area contributed by atoms with Crippen LogP contribution in [0.25, 0.3) is 0 Å². The van der Waals surface area contributed by atoms with Crippen LogP contribution in [0.4, 0.5) is 0 Å². The number of nitrogens with two attached hydrogens (primary N) is 1. The molecule has 1 heterocycles. The monoisotopic (exact) mass is 224 g/mol. The van der Waals surface area contributed by atoms with Crippen LogP contribution in [0.2, 0.25) is 0 Å². The van der Waals surface area contributed by atoms with Crippen molar-refractivity contribution in [1.82, 2.24) is 15.1 Å². The van der Waals surface area contributed by atoms with Crippen molar-refractivity contribution < 1.29 is 4.79 Å². The Balaban J connectivity index is 2.08. The number of unbranched alkanes of at least 4 members (excludes halogenated alkanes) is 1. The van der Waals surface area contributed by atoms with Crippen LogP contribution in [0, 0.1) is 0 Å². The van der Waals surface area contributed by atoms with E-state index in [1.54, 1.807) is 4.68 Å². The molecule has 0 bridgehead atoms. The van der Waals surface area contributed by atoms with E-state index >= 15 is 0 Å². The van der Waals surface area contributed by atoms with Gasteiger partial charge in [0.1, 0.15) is 0 Å². The van der Waals surface area contributed by atoms with Gasteiger partial charge in [-0.05, 0) is 25.5 Å². The molecule has 1 aromatic rings. The maximum absolute atomic E-state index is 11.3. The van der Waals surface area contributed by atoms with Gasteiger partial charge in [-0.2, -0.15) is 5.10 Å². The average Bonchev–Trinajstić information content (AvgIpc) is 2.65. The number of hydrogen-bond acceptors (Lipinski definition) is 3. The van der Waals surface area contributed by atoms with E-state index in [1.807, 2.05) is 19.3 Å². The summed E-state index contributed by atoms with van der Waals surface area (Å²) in [4.78, 5) is 11.3. The molecule has 0 radical (unpaired) electrons. The summed E-state index contributed by atoms with van der Waals surface area (Å²) in [5.74, 6) is 0.101. The number of aryl methyl sites for hydroxylation is 1. The summed E-state index contributed by atoms with van der Waals surface area (Å²) in [5.41, 5.74) is 6.36. The number of carbonyl (C=O) groups is 1. The first kappa shape index (κ1) is 12.7. The highest BCUT2D eigenvalue weighted by Crippen LogP contribution is 1.95. The smallest absolute Gasteiger partial charge is 0.220 e. The normalized spacial score (nSPS) is 10.4. The average molecular weight is 224 g/mol. The van der Waals surface area contributed by atoms with Gasteiger partial charge in [-0.15, -0.1) is 0 Å². The van der Waals surface area contributed by atoms with Crippen LogP contribution in [-0.4, -0.2) is 28.8 Å². The Bertz CT molecular complexity index is 322. The Kier molecular flexibility index (Phi) is 5.56. The highest BCUT2D eigenvalue weighted by Gasteiger charge is 2.01. The van der Waals surface area contributed by atoms with Gasteiger partial charge >= 0.3 is 0 Å². The number of aromatic nitrogens is 2. The third-order valence-corrected chi connectivity index (χ3v) is 2.33. The van der Waals surface area contributed by atoms with Gasteiger partial charge in [0.15, 0.2) is 0 Å². The van der Waals surface area contributed by atoms with Gasteiger partial charge in [0.2, 0.25) is 5.91 Å². The van der Waals surface area contributed by atoms with Crippen molar-refractivity contribution in [3.8, 4) is 0 Å². The molecule has 3 N–H and O–H groups in total. The van der Waals surface area contributed by atoms with Gasteiger partial charge in [-0.25, -0.2) is 0 Å².